The van der Waals surface area contributed by atoms with Crippen molar-refractivity contribution in [2.75, 3.05) is 26.6 Å². The summed E-state index contributed by atoms with van der Waals surface area (Å²) >= 11 is 0. The number of carbonyl (C=O) groups is 1. The molecule has 0 aliphatic carbocycles. The van der Waals surface area contributed by atoms with E-state index in [0.717, 1.165) is 25.1 Å². The van der Waals surface area contributed by atoms with Crippen LogP contribution in [0.25, 0.3) is 10.9 Å². The summed E-state index contributed by atoms with van der Waals surface area (Å²) in [5.74, 6) is 1.64. The van der Waals surface area contributed by atoms with E-state index < -0.39 is 0 Å². The highest BCUT2D eigenvalue weighted by molar-refractivity contribution is 6.05. The molecule has 2 aromatic carbocycles. The van der Waals surface area contributed by atoms with Crippen molar-refractivity contribution in [2.24, 2.45) is 0 Å². The Morgan fingerprint density at radius 3 is 2.43 bits per heavy atom. The van der Waals surface area contributed by atoms with E-state index in [2.05, 4.69) is 10.3 Å². The molecule has 0 saturated heterocycles. The summed E-state index contributed by atoms with van der Waals surface area (Å²) in [7, 11) is 4.48. The van der Waals surface area contributed by atoms with Gasteiger partial charge in [-0.15, -0.1) is 0 Å². The summed E-state index contributed by atoms with van der Waals surface area (Å²) in [6.07, 6.45) is 2.82. The highest BCUT2D eigenvalue weighted by atomic mass is 16.5. The van der Waals surface area contributed by atoms with Crippen LogP contribution in [0.1, 0.15) is 29.0 Å². The molecule has 1 aromatic heterocycles. The van der Waals surface area contributed by atoms with E-state index in [-0.39, 0.29) is 11.5 Å². The van der Waals surface area contributed by atoms with Crippen molar-refractivity contribution < 1.29 is 19.0 Å². The molecule has 8 heteroatoms. The lowest BCUT2D eigenvalue weighted by molar-refractivity contribution is 0.102. The van der Waals surface area contributed by atoms with Gasteiger partial charge in [0.15, 0.2) is 11.5 Å². The number of nitrogens with one attached hydrogen (secondary N) is 1. The molecule has 156 valence electrons. The van der Waals surface area contributed by atoms with Crippen molar-refractivity contribution in [2.45, 2.75) is 25.8 Å². The Morgan fingerprint density at radius 2 is 1.77 bits per heavy atom. The third-order valence-electron chi connectivity index (χ3n) is 5.25. The number of methoxy groups -OCH3 is 3. The van der Waals surface area contributed by atoms with Gasteiger partial charge in [-0.2, -0.15) is 0 Å². The summed E-state index contributed by atoms with van der Waals surface area (Å²) < 4.78 is 17.6. The minimum Gasteiger partial charge on any atom is -0.493 e. The van der Waals surface area contributed by atoms with E-state index in [1.807, 2.05) is 0 Å². The van der Waals surface area contributed by atoms with Crippen molar-refractivity contribution in [3.63, 3.8) is 0 Å². The first kappa shape index (κ1) is 19.8. The van der Waals surface area contributed by atoms with Gasteiger partial charge >= 0.3 is 0 Å². The molecule has 0 radical (unpaired) electrons. The Labute approximate surface area is 173 Å². The van der Waals surface area contributed by atoms with E-state index in [4.69, 9.17) is 14.2 Å². The summed E-state index contributed by atoms with van der Waals surface area (Å²) in [5.41, 5.74) is 1.42. The number of fused-ring (bicyclic) bond motifs is 2. The van der Waals surface area contributed by atoms with Gasteiger partial charge in [-0.05, 0) is 43.2 Å². The van der Waals surface area contributed by atoms with E-state index in [1.54, 1.807) is 34.9 Å². The number of amides is 1. The van der Waals surface area contributed by atoms with Crippen LogP contribution in [-0.2, 0) is 13.0 Å². The average molecular weight is 409 g/mol. The molecule has 1 aliphatic rings. The standard InChI is InChI=1S/C22H23N3O5/c1-28-17-10-13(11-18(29-2)20(17)30-3)21(26)23-14-7-8-16-15(12-14)22(27)25-9-5-4-6-19(25)24-16/h7-8,10-12H,4-6,9H2,1-3H3,(H,23,26). The number of carbonyl (C=O) groups excluding carboxylic acids is 1. The molecule has 0 atom stereocenters. The quantitative estimate of drug-likeness (QED) is 0.697. The predicted molar refractivity (Wildman–Crippen MR) is 113 cm³/mol. The van der Waals surface area contributed by atoms with Gasteiger partial charge in [0, 0.05) is 24.2 Å². The van der Waals surface area contributed by atoms with Gasteiger partial charge in [0.1, 0.15) is 5.82 Å². The zero-order valence-corrected chi connectivity index (χ0v) is 17.2. The molecule has 1 N–H and O–H groups in total. The van der Waals surface area contributed by atoms with Gasteiger partial charge in [0.05, 0.1) is 32.2 Å². The van der Waals surface area contributed by atoms with Crippen LogP contribution in [0, 0.1) is 0 Å². The summed E-state index contributed by atoms with van der Waals surface area (Å²) in [4.78, 5) is 30.3. The SMILES string of the molecule is COc1cc(C(=O)Nc2ccc3nc4n(c(=O)c3c2)CCCC4)cc(OC)c1OC. The van der Waals surface area contributed by atoms with Gasteiger partial charge in [-0.25, -0.2) is 4.98 Å². The van der Waals surface area contributed by atoms with Gasteiger partial charge in [-0.1, -0.05) is 0 Å². The molecule has 0 fully saturated rings. The van der Waals surface area contributed by atoms with Crippen LogP contribution in [0.3, 0.4) is 0 Å². The van der Waals surface area contributed by atoms with E-state index in [9.17, 15) is 9.59 Å². The largest absolute Gasteiger partial charge is 0.493 e. The lowest BCUT2D eigenvalue weighted by atomic mass is 10.1. The highest BCUT2D eigenvalue weighted by Crippen LogP contribution is 2.38. The summed E-state index contributed by atoms with van der Waals surface area (Å²) in [5, 5.41) is 3.32. The molecule has 1 amide bonds. The molecule has 0 bridgehead atoms. The number of hydrogen-bond acceptors (Lipinski definition) is 6. The third kappa shape index (κ3) is 3.45. The second kappa shape index (κ2) is 8.06. The van der Waals surface area contributed by atoms with Crippen molar-refractivity contribution in [3.8, 4) is 17.2 Å². The smallest absolute Gasteiger partial charge is 0.261 e. The molecular weight excluding hydrogens is 386 g/mol. The van der Waals surface area contributed by atoms with Crippen molar-refractivity contribution in [3.05, 3.63) is 52.1 Å². The lowest BCUT2D eigenvalue weighted by Gasteiger charge is -2.18. The number of anilines is 1. The molecule has 3 aromatic rings. The maximum Gasteiger partial charge on any atom is 0.261 e. The van der Waals surface area contributed by atoms with E-state index in [1.165, 1.54) is 21.3 Å². The van der Waals surface area contributed by atoms with E-state index in [0.29, 0.717) is 45.9 Å². The van der Waals surface area contributed by atoms with Gasteiger partial charge in [-0.3, -0.25) is 14.2 Å². The molecule has 0 saturated carbocycles. The number of nitrogens with zero attached hydrogens (tertiary/aromatic N) is 2. The topological polar surface area (TPSA) is 91.7 Å². The van der Waals surface area contributed by atoms with Crippen molar-refractivity contribution in [1.82, 2.24) is 9.55 Å². The number of benzene rings is 2. The van der Waals surface area contributed by atoms with Crippen LogP contribution in [0.4, 0.5) is 5.69 Å². The van der Waals surface area contributed by atoms with Crippen LogP contribution in [0.5, 0.6) is 17.2 Å². The fourth-order valence-electron chi connectivity index (χ4n) is 3.73. The molecule has 8 nitrogen and oxygen atoms in total. The van der Waals surface area contributed by atoms with Crippen molar-refractivity contribution >= 4 is 22.5 Å². The van der Waals surface area contributed by atoms with Crippen LogP contribution in [0.2, 0.25) is 0 Å². The second-order valence-corrected chi connectivity index (χ2v) is 7.04. The van der Waals surface area contributed by atoms with Crippen LogP contribution < -0.4 is 25.1 Å². The molecule has 0 unspecified atom stereocenters. The molecule has 2 heterocycles. The third-order valence-corrected chi connectivity index (χ3v) is 5.25. The Bertz CT molecular complexity index is 1160. The molecule has 30 heavy (non-hydrogen) atoms. The fourth-order valence-corrected chi connectivity index (χ4v) is 3.73. The number of ether oxygens (including phenoxy) is 3. The maximum absolute atomic E-state index is 12.9. The number of aryl methyl sites for hydroxylation is 1. The maximum atomic E-state index is 12.9. The monoisotopic (exact) mass is 409 g/mol. The van der Waals surface area contributed by atoms with Crippen LogP contribution in [0.15, 0.2) is 35.1 Å². The minimum absolute atomic E-state index is 0.0708. The first-order valence-electron chi connectivity index (χ1n) is 9.70. The summed E-state index contributed by atoms with van der Waals surface area (Å²) in [6.45, 7) is 0.680. The predicted octanol–water partition coefficient (Wildman–Crippen LogP) is 3.01. The zero-order chi connectivity index (χ0) is 21.3. The first-order chi connectivity index (χ1) is 14.5. The zero-order valence-electron chi connectivity index (χ0n) is 17.2. The van der Waals surface area contributed by atoms with Crippen LogP contribution in [-0.4, -0.2) is 36.8 Å². The fraction of sp³-hybridized carbons (Fsp3) is 0.318. The molecule has 0 spiro atoms. The average Bonchev–Trinajstić information content (AvgIpc) is 2.78. The van der Waals surface area contributed by atoms with Gasteiger partial charge in [0.2, 0.25) is 5.75 Å². The normalized spacial score (nSPS) is 12.9. The first-order valence-corrected chi connectivity index (χ1v) is 9.70. The Balaban J connectivity index is 1.68. The summed E-state index contributed by atoms with van der Waals surface area (Å²) in [6, 6.07) is 8.32. The van der Waals surface area contributed by atoms with Crippen LogP contribution >= 0.6 is 0 Å². The number of rotatable bonds is 5. The van der Waals surface area contributed by atoms with E-state index >= 15 is 0 Å². The molecular formula is C22H23N3O5. The Morgan fingerprint density at radius 1 is 1.03 bits per heavy atom. The molecule has 4 rings (SSSR count). The number of aromatic nitrogens is 2. The Hall–Kier alpha value is -3.55. The molecule has 1 aliphatic heterocycles. The number of hydrogen-bond donors (Lipinski definition) is 1. The van der Waals surface area contributed by atoms with Gasteiger partial charge in [0.25, 0.3) is 11.5 Å². The highest BCUT2D eigenvalue weighted by Gasteiger charge is 2.18. The minimum atomic E-state index is -0.361. The van der Waals surface area contributed by atoms with Gasteiger partial charge < -0.3 is 19.5 Å². The van der Waals surface area contributed by atoms with Crippen molar-refractivity contribution in [1.29, 1.82) is 0 Å². The lowest BCUT2D eigenvalue weighted by Crippen LogP contribution is -2.28. The Kier molecular flexibility index (Phi) is 5.31. The second-order valence-electron chi connectivity index (χ2n) is 7.04.